The Hall–Kier alpha value is -3.35. The van der Waals surface area contributed by atoms with Crippen molar-refractivity contribution in [2.45, 2.75) is 52.1 Å². The zero-order valence-electron chi connectivity index (χ0n) is 20.0. The molecule has 1 saturated heterocycles. The molecule has 1 N–H and O–H groups in total. The number of benzene rings is 1. The van der Waals surface area contributed by atoms with Crippen LogP contribution in [-0.4, -0.2) is 49.4 Å². The van der Waals surface area contributed by atoms with Crippen LogP contribution in [0.4, 0.5) is 4.79 Å². The topological polar surface area (TPSA) is 76.0 Å². The summed E-state index contributed by atoms with van der Waals surface area (Å²) in [4.78, 5) is 22.6. The highest BCUT2D eigenvalue weighted by Crippen LogP contribution is 2.37. The Morgan fingerprint density at radius 1 is 1.15 bits per heavy atom. The number of likely N-dealkylation sites (tertiary alicyclic amines) is 1. The van der Waals surface area contributed by atoms with Crippen LogP contribution in [0.15, 0.2) is 36.8 Å². The molecule has 0 spiro atoms. The molecule has 7 heteroatoms. The van der Waals surface area contributed by atoms with Gasteiger partial charge in [-0.2, -0.15) is 5.10 Å². The number of H-pyrrole nitrogens is 1. The molecule has 1 aliphatic heterocycles. The van der Waals surface area contributed by atoms with Crippen LogP contribution >= 0.6 is 0 Å². The Kier molecular flexibility index (Phi) is 5.15. The Labute approximate surface area is 193 Å². The van der Waals surface area contributed by atoms with Crippen LogP contribution in [-0.2, 0) is 11.8 Å². The standard InChI is InChI=1S/C26H31N5O2/c1-16-22-21-12-18(20-14-28-30(5)15-20)6-7-19(21)13-27-24(22)29-23(16)17-8-10-31(11-9-17)25(32)33-26(2,3)4/h6-7,12-15,17H,8-11H2,1-5H3,(H,27,29). The summed E-state index contributed by atoms with van der Waals surface area (Å²) in [5, 5.41) is 7.83. The Morgan fingerprint density at radius 3 is 2.58 bits per heavy atom. The molecule has 1 aliphatic rings. The highest BCUT2D eigenvalue weighted by atomic mass is 16.6. The van der Waals surface area contributed by atoms with E-state index in [1.54, 1.807) is 0 Å². The number of rotatable bonds is 2. The van der Waals surface area contributed by atoms with E-state index in [2.05, 4.69) is 35.2 Å². The maximum atomic E-state index is 12.4. The summed E-state index contributed by atoms with van der Waals surface area (Å²) in [5.74, 6) is 0.370. The molecule has 0 radical (unpaired) electrons. The molecule has 1 fully saturated rings. The number of aryl methyl sites for hydroxylation is 2. The van der Waals surface area contributed by atoms with E-state index < -0.39 is 5.60 Å². The molecule has 0 atom stereocenters. The number of aromatic nitrogens is 4. The van der Waals surface area contributed by atoms with Gasteiger partial charge in [0.1, 0.15) is 11.2 Å². The molecule has 172 valence electrons. The predicted octanol–water partition coefficient (Wildman–Crippen LogP) is 5.54. The molecule has 0 bridgehead atoms. The van der Waals surface area contributed by atoms with Crippen LogP contribution in [0.2, 0.25) is 0 Å². The minimum atomic E-state index is -0.469. The van der Waals surface area contributed by atoms with Gasteiger partial charge in [-0.1, -0.05) is 12.1 Å². The molecule has 1 amide bonds. The number of hydrogen-bond acceptors (Lipinski definition) is 4. The summed E-state index contributed by atoms with van der Waals surface area (Å²) in [6.45, 7) is 9.31. The molecule has 0 unspecified atom stereocenters. The smallest absolute Gasteiger partial charge is 0.410 e. The third-order valence-corrected chi connectivity index (χ3v) is 6.52. The van der Waals surface area contributed by atoms with E-state index >= 15 is 0 Å². The Morgan fingerprint density at radius 2 is 1.91 bits per heavy atom. The van der Waals surface area contributed by atoms with Crippen LogP contribution in [0.3, 0.4) is 0 Å². The molecule has 33 heavy (non-hydrogen) atoms. The third kappa shape index (κ3) is 4.08. The molecule has 0 saturated carbocycles. The lowest BCUT2D eigenvalue weighted by molar-refractivity contribution is 0.0204. The third-order valence-electron chi connectivity index (χ3n) is 6.52. The molecule has 7 nitrogen and oxygen atoms in total. The second-order valence-electron chi connectivity index (χ2n) is 10.1. The fourth-order valence-corrected chi connectivity index (χ4v) is 4.88. The number of fused-ring (bicyclic) bond motifs is 3. The van der Waals surface area contributed by atoms with Crippen LogP contribution in [0.25, 0.3) is 32.9 Å². The van der Waals surface area contributed by atoms with Crippen molar-refractivity contribution in [3.05, 3.63) is 48.0 Å². The van der Waals surface area contributed by atoms with Crippen molar-refractivity contribution >= 4 is 27.9 Å². The molecule has 4 aromatic rings. The van der Waals surface area contributed by atoms with Gasteiger partial charge < -0.3 is 14.6 Å². The van der Waals surface area contributed by atoms with Gasteiger partial charge in [-0.25, -0.2) is 9.78 Å². The average molecular weight is 446 g/mol. The molecule has 1 aromatic carbocycles. The van der Waals surface area contributed by atoms with E-state index in [1.165, 1.54) is 22.0 Å². The number of amides is 1. The number of nitrogens with zero attached hydrogens (tertiary/aromatic N) is 4. The van der Waals surface area contributed by atoms with E-state index in [0.717, 1.165) is 35.0 Å². The largest absolute Gasteiger partial charge is 0.444 e. The minimum Gasteiger partial charge on any atom is -0.444 e. The van der Waals surface area contributed by atoms with Crippen molar-refractivity contribution in [2.24, 2.45) is 7.05 Å². The Balaban J connectivity index is 1.45. The molecule has 0 aliphatic carbocycles. The van der Waals surface area contributed by atoms with Gasteiger partial charge in [-0.15, -0.1) is 0 Å². The first-order valence-corrected chi connectivity index (χ1v) is 11.6. The first-order chi connectivity index (χ1) is 15.7. The summed E-state index contributed by atoms with van der Waals surface area (Å²) in [6, 6.07) is 6.50. The SMILES string of the molecule is Cc1c(C2CCN(C(=O)OC(C)(C)C)CC2)[nH]c2ncc3ccc(-c4cnn(C)c4)cc3c12. The van der Waals surface area contributed by atoms with Gasteiger partial charge in [0.15, 0.2) is 0 Å². The number of piperidine rings is 1. The van der Waals surface area contributed by atoms with Crippen molar-refractivity contribution in [3.8, 4) is 11.1 Å². The van der Waals surface area contributed by atoms with Crippen LogP contribution in [0.1, 0.15) is 50.8 Å². The lowest BCUT2D eigenvalue weighted by Crippen LogP contribution is -2.41. The number of nitrogens with one attached hydrogen (secondary N) is 1. The number of hydrogen-bond donors (Lipinski definition) is 1. The predicted molar refractivity (Wildman–Crippen MR) is 130 cm³/mol. The fraction of sp³-hybridized carbons (Fsp3) is 0.423. The highest BCUT2D eigenvalue weighted by molar-refractivity contribution is 6.08. The second kappa shape index (κ2) is 7.90. The monoisotopic (exact) mass is 445 g/mol. The van der Waals surface area contributed by atoms with Crippen molar-refractivity contribution in [1.29, 1.82) is 0 Å². The number of carbonyl (C=O) groups excluding carboxylic acids is 1. The van der Waals surface area contributed by atoms with E-state index in [9.17, 15) is 4.79 Å². The minimum absolute atomic E-state index is 0.218. The number of aromatic amines is 1. The van der Waals surface area contributed by atoms with Crippen molar-refractivity contribution < 1.29 is 9.53 Å². The van der Waals surface area contributed by atoms with E-state index in [0.29, 0.717) is 19.0 Å². The number of carbonyl (C=O) groups is 1. The summed E-state index contributed by atoms with van der Waals surface area (Å²) >= 11 is 0. The van der Waals surface area contributed by atoms with Gasteiger partial charge in [0, 0.05) is 60.5 Å². The van der Waals surface area contributed by atoms with Crippen LogP contribution in [0, 0.1) is 6.92 Å². The quantitative estimate of drug-likeness (QED) is 0.440. The molecule has 5 rings (SSSR count). The average Bonchev–Trinajstić information content (AvgIpc) is 3.36. The van der Waals surface area contributed by atoms with Crippen molar-refractivity contribution in [3.63, 3.8) is 0 Å². The van der Waals surface area contributed by atoms with Gasteiger partial charge in [-0.3, -0.25) is 4.68 Å². The summed E-state index contributed by atoms with van der Waals surface area (Å²) < 4.78 is 7.37. The number of pyridine rings is 1. The zero-order valence-corrected chi connectivity index (χ0v) is 20.0. The van der Waals surface area contributed by atoms with Crippen molar-refractivity contribution in [1.82, 2.24) is 24.6 Å². The zero-order chi connectivity index (χ0) is 23.3. The second-order valence-corrected chi connectivity index (χ2v) is 10.1. The van der Waals surface area contributed by atoms with E-state index in [1.807, 2.05) is 56.0 Å². The molecule has 4 heterocycles. The first kappa shape index (κ1) is 21.5. The van der Waals surface area contributed by atoms with Crippen LogP contribution < -0.4 is 0 Å². The van der Waals surface area contributed by atoms with Crippen molar-refractivity contribution in [2.75, 3.05) is 13.1 Å². The van der Waals surface area contributed by atoms with Gasteiger partial charge in [0.05, 0.1) is 6.20 Å². The van der Waals surface area contributed by atoms with Crippen LogP contribution in [0.5, 0.6) is 0 Å². The fourth-order valence-electron chi connectivity index (χ4n) is 4.88. The molecular weight excluding hydrogens is 414 g/mol. The van der Waals surface area contributed by atoms with Gasteiger partial charge in [0.25, 0.3) is 0 Å². The maximum Gasteiger partial charge on any atom is 0.410 e. The van der Waals surface area contributed by atoms with E-state index in [4.69, 9.17) is 9.72 Å². The Bertz CT molecular complexity index is 1340. The maximum absolute atomic E-state index is 12.4. The lowest BCUT2D eigenvalue weighted by Gasteiger charge is -2.33. The normalized spacial score (nSPS) is 15.5. The molecule has 3 aromatic heterocycles. The molecular formula is C26H31N5O2. The first-order valence-electron chi connectivity index (χ1n) is 11.6. The van der Waals surface area contributed by atoms with E-state index in [-0.39, 0.29) is 6.09 Å². The van der Waals surface area contributed by atoms with Gasteiger partial charge in [0.2, 0.25) is 0 Å². The van der Waals surface area contributed by atoms with Gasteiger partial charge >= 0.3 is 6.09 Å². The summed E-state index contributed by atoms with van der Waals surface area (Å²) in [6.07, 6.45) is 7.47. The summed E-state index contributed by atoms with van der Waals surface area (Å²) in [5.41, 5.74) is 5.20. The summed E-state index contributed by atoms with van der Waals surface area (Å²) in [7, 11) is 1.93. The van der Waals surface area contributed by atoms with Gasteiger partial charge in [-0.05, 0) is 63.1 Å². The number of ether oxygens (including phenoxy) is 1. The highest BCUT2D eigenvalue weighted by Gasteiger charge is 2.29. The lowest BCUT2D eigenvalue weighted by atomic mass is 9.91.